The molecule has 4 rings (SSSR count). The summed E-state index contributed by atoms with van der Waals surface area (Å²) >= 11 is 0. The van der Waals surface area contributed by atoms with Crippen molar-refractivity contribution in [2.45, 2.75) is 6.04 Å². The highest BCUT2D eigenvalue weighted by atomic mass is 16.5. The van der Waals surface area contributed by atoms with E-state index in [9.17, 15) is 4.79 Å². The van der Waals surface area contributed by atoms with Crippen molar-refractivity contribution in [1.82, 2.24) is 9.91 Å². The monoisotopic (exact) mass is 413 g/mol. The van der Waals surface area contributed by atoms with Crippen LogP contribution in [-0.2, 0) is 4.74 Å². The smallest absolute Gasteiger partial charge is 0.337 e. The molecule has 1 fully saturated rings. The zero-order valence-corrected chi connectivity index (χ0v) is 17.7. The van der Waals surface area contributed by atoms with Gasteiger partial charge in [-0.25, -0.2) is 4.79 Å². The maximum atomic E-state index is 11.6. The standard InChI is InChI=1S/C26H27N3O2/c1-31-26(30)24-14-12-21(13-15-24)20-27-29-18-16-28(17-19-29)25(22-8-4-2-5-9-22)23-10-6-3-7-11-23/h2-15,20,25H,16-19H2,1H3. The van der Waals surface area contributed by atoms with Gasteiger partial charge in [-0.2, -0.15) is 5.10 Å². The summed E-state index contributed by atoms with van der Waals surface area (Å²) in [6.07, 6.45) is 1.85. The van der Waals surface area contributed by atoms with Crippen LogP contribution in [0.3, 0.4) is 0 Å². The van der Waals surface area contributed by atoms with Gasteiger partial charge in [0.25, 0.3) is 0 Å². The molecular weight excluding hydrogens is 386 g/mol. The average Bonchev–Trinajstić information content (AvgIpc) is 2.85. The fraction of sp³-hybridized carbons (Fsp3) is 0.231. The first-order valence-electron chi connectivity index (χ1n) is 10.6. The van der Waals surface area contributed by atoms with Crippen molar-refractivity contribution in [2.75, 3.05) is 33.3 Å². The molecule has 1 saturated heterocycles. The number of esters is 1. The van der Waals surface area contributed by atoms with Gasteiger partial charge in [0.05, 0.1) is 24.9 Å². The van der Waals surface area contributed by atoms with Crippen molar-refractivity contribution in [1.29, 1.82) is 0 Å². The fourth-order valence-corrected chi connectivity index (χ4v) is 3.94. The molecule has 0 radical (unpaired) electrons. The number of hydrogen-bond acceptors (Lipinski definition) is 5. The van der Waals surface area contributed by atoms with Gasteiger partial charge in [0.1, 0.15) is 0 Å². The Kier molecular flexibility index (Phi) is 6.75. The molecule has 5 nitrogen and oxygen atoms in total. The van der Waals surface area contributed by atoms with Crippen LogP contribution in [0.1, 0.15) is 33.1 Å². The molecule has 0 atom stereocenters. The van der Waals surface area contributed by atoms with E-state index in [2.05, 4.69) is 75.7 Å². The molecule has 0 saturated carbocycles. The molecule has 1 heterocycles. The normalized spacial score (nSPS) is 14.8. The molecular formula is C26H27N3O2. The van der Waals surface area contributed by atoms with E-state index in [0.717, 1.165) is 31.7 Å². The van der Waals surface area contributed by atoms with Gasteiger partial charge in [0, 0.05) is 26.2 Å². The molecule has 0 amide bonds. The molecule has 0 aromatic heterocycles. The van der Waals surface area contributed by atoms with E-state index in [1.807, 2.05) is 18.3 Å². The van der Waals surface area contributed by atoms with Crippen LogP contribution in [-0.4, -0.2) is 55.4 Å². The van der Waals surface area contributed by atoms with E-state index in [1.54, 1.807) is 12.1 Å². The van der Waals surface area contributed by atoms with Crippen LogP contribution < -0.4 is 0 Å². The number of carbonyl (C=O) groups is 1. The van der Waals surface area contributed by atoms with Gasteiger partial charge < -0.3 is 4.74 Å². The zero-order valence-electron chi connectivity index (χ0n) is 17.7. The molecule has 0 unspecified atom stereocenters. The lowest BCUT2D eigenvalue weighted by molar-refractivity contribution is 0.0600. The maximum absolute atomic E-state index is 11.6. The van der Waals surface area contributed by atoms with Gasteiger partial charge >= 0.3 is 5.97 Å². The second-order valence-corrected chi connectivity index (χ2v) is 7.57. The number of benzene rings is 3. The van der Waals surface area contributed by atoms with Crippen molar-refractivity contribution >= 4 is 12.2 Å². The Hall–Kier alpha value is -3.44. The largest absolute Gasteiger partial charge is 0.465 e. The number of hydrogen-bond donors (Lipinski definition) is 0. The first kappa shape index (κ1) is 20.8. The van der Waals surface area contributed by atoms with Gasteiger partial charge in [-0.05, 0) is 28.8 Å². The van der Waals surface area contributed by atoms with Crippen molar-refractivity contribution in [3.05, 3.63) is 107 Å². The van der Waals surface area contributed by atoms with Gasteiger partial charge in [-0.3, -0.25) is 9.91 Å². The van der Waals surface area contributed by atoms with E-state index in [4.69, 9.17) is 4.74 Å². The first-order valence-corrected chi connectivity index (χ1v) is 10.6. The summed E-state index contributed by atoms with van der Waals surface area (Å²) in [5.74, 6) is -0.328. The number of nitrogens with zero attached hydrogens (tertiary/aromatic N) is 3. The molecule has 0 aliphatic carbocycles. The number of carbonyl (C=O) groups excluding carboxylic acids is 1. The minimum absolute atomic E-state index is 0.249. The van der Waals surface area contributed by atoms with Gasteiger partial charge in [0.2, 0.25) is 0 Å². The Morgan fingerprint density at radius 3 is 1.90 bits per heavy atom. The molecule has 3 aromatic rings. The number of methoxy groups -OCH3 is 1. The summed E-state index contributed by atoms with van der Waals surface area (Å²) in [7, 11) is 1.39. The minimum atomic E-state index is -0.328. The Morgan fingerprint density at radius 1 is 0.839 bits per heavy atom. The summed E-state index contributed by atoms with van der Waals surface area (Å²) < 4.78 is 4.74. The molecule has 5 heteroatoms. The third kappa shape index (κ3) is 5.19. The SMILES string of the molecule is COC(=O)c1ccc(C=NN2CCN(C(c3ccccc3)c3ccccc3)CC2)cc1. The summed E-state index contributed by atoms with van der Waals surface area (Å²) in [4.78, 5) is 14.1. The highest BCUT2D eigenvalue weighted by molar-refractivity contribution is 5.90. The van der Waals surface area contributed by atoms with Gasteiger partial charge in [-0.1, -0.05) is 72.8 Å². The lowest BCUT2D eigenvalue weighted by Crippen LogP contribution is -2.45. The Balaban J connectivity index is 1.41. The van der Waals surface area contributed by atoms with Crippen LogP contribution in [0.15, 0.2) is 90.0 Å². The van der Waals surface area contributed by atoms with Crippen LogP contribution in [0.4, 0.5) is 0 Å². The molecule has 0 N–H and O–H groups in total. The van der Waals surface area contributed by atoms with E-state index >= 15 is 0 Å². The highest BCUT2D eigenvalue weighted by Gasteiger charge is 2.25. The minimum Gasteiger partial charge on any atom is -0.465 e. The first-order chi connectivity index (χ1) is 15.2. The molecule has 0 spiro atoms. The summed E-state index contributed by atoms with van der Waals surface area (Å²) in [5.41, 5.74) is 4.13. The van der Waals surface area contributed by atoms with E-state index in [-0.39, 0.29) is 12.0 Å². The van der Waals surface area contributed by atoms with Crippen molar-refractivity contribution in [3.63, 3.8) is 0 Å². The van der Waals surface area contributed by atoms with Crippen molar-refractivity contribution < 1.29 is 9.53 Å². The van der Waals surface area contributed by atoms with Crippen molar-refractivity contribution in [3.8, 4) is 0 Å². The molecule has 1 aliphatic rings. The molecule has 1 aliphatic heterocycles. The molecule has 3 aromatic carbocycles. The van der Waals surface area contributed by atoms with E-state index in [0.29, 0.717) is 5.56 Å². The number of rotatable bonds is 6. The number of hydrazone groups is 1. The van der Waals surface area contributed by atoms with Gasteiger partial charge in [-0.15, -0.1) is 0 Å². The van der Waals surface area contributed by atoms with E-state index in [1.165, 1.54) is 18.2 Å². The van der Waals surface area contributed by atoms with Gasteiger partial charge in [0.15, 0.2) is 0 Å². The van der Waals surface area contributed by atoms with Crippen LogP contribution in [0.25, 0.3) is 0 Å². The summed E-state index contributed by atoms with van der Waals surface area (Å²) in [6.45, 7) is 3.61. The lowest BCUT2D eigenvalue weighted by Gasteiger charge is -2.38. The number of ether oxygens (including phenoxy) is 1. The Morgan fingerprint density at radius 2 is 1.39 bits per heavy atom. The van der Waals surface area contributed by atoms with E-state index < -0.39 is 0 Å². The maximum Gasteiger partial charge on any atom is 0.337 e. The molecule has 31 heavy (non-hydrogen) atoms. The second-order valence-electron chi connectivity index (χ2n) is 7.57. The Labute approximate surface area is 183 Å². The van der Waals surface area contributed by atoms with Crippen LogP contribution in [0.5, 0.6) is 0 Å². The topological polar surface area (TPSA) is 45.1 Å². The third-order valence-corrected chi connectivity index (χ3v) is 5.59. The summed E-state index contributed by atoms with van der Waals surface area (Å²) in [5, 5.41) is 6.76. The Bertz CT molecular complexity index is 956. The van der Waals surface area contributed by atoms with Crippen LogP contribution >= 0.6 is 0 Å². The van der Waals surface area contributed by atoms with Crippen molar-refractivity contribution in [2.24, 2.45) is 5.10 Å². The molecule has 0 bridgehead atoms. The van der Waals surface area contributed by atoms with Crippen LogP contribution in [0, 0.1) is 0 Å². The summed E-state index contributed by atoms with van der Waals surface area (Å²) in [6, 6.07) is 28.9. The second kappa shape index (κ2) is 10.0. The quantitative estimate of drug-likeness (QED) is 0.449. The van der Waals surface area contributed by atoms with Crippen LogP contribution in [0.2, 0.25) is 0 Å². The average molecular weight is 414 g/mol. The molecule has 158 valence electrons. The predicted octanol–water partition coefficient (Wildman–Crippen LogP) is 4.21. The lowest BCUT2D eigenvalue weighted by atomic mass is 9.96. The highest BCUT2D eigenvalue weighted by Crippen LogP contribution is 2.29. The zero-order chi connectivity index (χ0) is 21.5. The predicted molar refractivity (Wildman–Crippen MR) is 123 cm³/mol. The number of piperazine rings is 1. The third-order valence-electron chi connectivity index (χ3n) is 5.59. The fourth-order valence-electron chi connectivity index (χ4n) is 3.94.